The Morgan fingerprint density at radius 1 is 1.58 bits per heavy atom. The van der Waals surface area contributed by atoms with Gasteiger partial charge in [-0.25, -0.2) is 0 Å². The molecular weight excluding hydrogens is 222 g/mol. The fourth-order valence-corrected chi connectivity index (χ4v) is 1.39. The quantitative estimate of drug-likeness (QED) is 0.481. The number of rotatable bonds is 2. The van der Waals surface area contributed by atoms with Crippen LogP contribution in [-0.4, -0.2) is 18.5 Å². The van der Waals surface area contributed by atoms with Gasteiger partial charge in [0.25, 0.3) is 0 Å². The molecule has 0 aliphatic carbocycles. The lowest BCUT2D eigenvalue weighted by Gasteiger charge is -2.02. The topological polar surface area (TPSA) is 41.8 Å². The minimum atomic E-state index is 0.755. The molecule has 0 aliphatic rings. The maximum absolute atomic E-state index is 8.26. The van der Waals surface area contributed by atoms with E-state index in [0.29, 0.717) is 0 Å². The van der Waals surface area contributed by atoms with Crippen LogP contribution in [-0.2, 0) is 0 Å². The molecule has 0 saturated carbocycles. The van der Waals surface area contributed by atoms with Crippen molar-refractivity contribution < 1.29 is 9.94 Å². The van der Waals surface area contributed by atoms with Crippen molar-refractivity contribution in [3.05, 3.63) is 28.2 Å². The third-order valence-electron chi connectivity index (χ3n) is 1.38. The van der Waals surface area contributed by atoms with E-state index in [-0.39, 0.29) is 0 Å². The lowest BCUT2D eigenvalue weighted by atomic mass is 10.2. The van der Waals surface area contributed by atoms with Crippen LogP contribution in [0, 0.1) is 0 Å². The van der Waals surface area contributed by atoms with E-state index in [9.17, 15) is 0 Å². The fraction of sp³-hybridized carbons (Fsp3) is 0.125. The van der Waals surface area contributed by atoms with Crippen molar-refractivity contribution in [2.45, 2.75) is 0 Å². The van der Waals surface area contributed by atoms with Crippen LogP contribution in [0.15, 0.2) is 27.8 Å². The van der Waals surface area contributed by atoms with Gasteiger partial charge in [0.1, 0.15) is 5.75 Å². The summed E-state index contributed by atoms with van der Waals surface area (Å²) in [5, 5.41) is 11.2. The lowest BCUT2D eigenvalue weighted by Crippen LogP contribution is -1.86. The number of hydrogen-bond acceptors (Lipinski definition) is 3. The second-order valence-corrected chi connectivity index (χ2v) is 2.99. The molecule has 1 aromatic carbocycles. The highest BCUT2D eigenvalue weighted by molar-refractivity contribution is 9.10. The van der Waals surface area contributed by atoms with Gasteiger partial charge in [0, 0.05) is 0 Å². The van der Waals surface area contributed by atoms with Gasteiger partial charge in [-0.1, -0.05) is 5.16 Å². The van der Waals surface area contributed by atoms with Crippen LogP contribution in [0.1, 0.15) is 5.56 Å². The Hall–Kier alpha value is -1.03. The van der Waals surface area contributed by atoms with E-state index in [4.69, 9.17) is 9.94 Å². The molecule has 0 aromatic heterocycles. The largest absolute Gasteiger partial charge is 0.496 e. The van der Waals surface area contributed by atoms with Gasteiger partial charge in [-0.15, -0.1) is 0 Å². The average Bonchev–Trinajstić information content (AvgIpc) is 2.05. The number of benzene rings is 1. The first-order valence-electron chi connectivity index (χ1n) is 3.29. The van der Waals surface area contributed by atoms with Gasteiger partial charge in [0.15, 0.2) is 0 Å². The zero-order chi connectivity index (χ0) is 8.97. The zero-order valence-electron chi connectivity index (χ0n) is 6.49. The minimum absolute atomic E-state index is 0.755. The van der Waals surface area contributed by atoms with E-state index in [1.54, 1.807) is 25.3 Å². The molecule has 1 aromatic rings. The monoisotopic (exact) mass is 229 g/mol. The van der Waals surface area contributed by atoms with Crippen LogP contribution in [0.4, 0.5) is 0 Å². The van der Waals surface area contributed by atoms with E-state index in [0.717, 1.165) is 15.8 Å². The van der Waals surface area contributed by atoms with Crippen molar-refractivity contribution >= 4 is 22.1 Å². The molecule has 64 valence electrons. The third-order valence-corrected chi connectivity index (χ3v) is 2.00. The van der Waals surface area contributed by atoms with Crippen LogP contribution < -0.4 is 4.74 Å². The lowest BCUT2D eigenvalue weighted by molar-refractivity contribution is 0.322. The molecule has 0 heterocycles. The summed E-state index contributed by atoms with van der Waals surface area (Å²) in [4.78, 5) is 0. The highest BCUT2D eigenvalue weighted by atomic mass is 79.9. The van der Waals surface area contributed by atoms with Crippen LogP contribution in [0.5, 0.6) is 5.75 Å². The fourth-order valence-electron chi connectivity index (χ4n) is 0.830. The number of nitrogens with zero attached hydrogens (tertiary/aromatic N) is 1. The Morgan fingerprint density at radius 2 is 2.33 bits per heavy atom. The maximum atomic E-state index is 8.26. The van der Waals surface area contributed by atoms with Gasteiger partial charge in [-0.05, 0) is 39.7 Å². The smallest absolute Gasteiger partial charge is 0.133 e. The number of hydrogen-bond donors (Lipinski definition) is 1. The van der Waals surface area contributed by atoms with Gasteiger partial charge in [0.05, 0.1) is 17.8 Å². The molecule has 3 nitrogen and oxygen atoms in total. The highest BCUT2D eigenvalue weighted by Crippen LogP contribution is 2.24. The molecule has 0 spiro atoms. The van der Waals surface area contributed by atoms with Crippen molar-refractivity contribution in [1.29, 1.82) is 0 Å². The third kappa shape index (κ3) is 1.98. The zero-order valence-corrected chi connectivity index (χ0v) is 8.08. The molecule has 1 rings (SSSR count). The predicted molar refractivity (Wildman–Crippen MR) is 50.1 cm³/mol. The molecule has 0 saturated heterocycles. The summed E-state index contributed by atoms with van der Waals surface area (Å²) in [5.74, 6) is 0.755. The van der Waals surface area contributed by atoms with E-state index in [1.165, 1.54) is 6.21 Å². The molecule has 0 radical (unpaired) electrons. The molecule has 0 fully saturated rings. The molecule has 0 bridgehead atoms. The van der Waals surface area contributed by atoms with Gasteiger partial charge >= 0.3 is 0 Å². The van der Waals surface area contributed by atoms with E-state index >= 15 is 0 Å². The van der Waals surface area contributed by atoms with E-state index in [2.05, 4.69) is 21.1 Å². The van der Waals surface area contributed by atoms with Crippen molar-refractivity contribution in [1.82, 2.24) is 0 Å². The maximum Gasteiger partial charge on any atom is 0.133 e. The molecule has 0 amide bonds. The van der Waals surface area contributed by atoms with Crippen molar-refractivity contribution in [2.75, 3.05) is 7.11 Å². The van der Waals surface area contributed by atoms with Gasteiger partial charge in [-0.2, -0.15) is 0 Å². The number of ether oxygens (including phenoxy) is 1. The average molecular weight is 230 g/mol. The van der Waals surface area contributed by atoms with Gasteiger partial charge in [-0.3, -0.25) is 0 Å². The molecule has 1 N–H and O–H groups in total. The molecule has 12 heavy (non-hydrogen) atoms. The summed E-state index contributed by atoms with van der Waals surface area (Å²) < 4.78 is 5.86. The molecular formula is C8H8BrNO2. The summed E-state index contributed by atoms with van der Waals surface area (Å²) in [7, 11) is 1.60. The SMILES string of the molecule is COc1ccc(/C=N/O)cc1Br. The summed E-state index contributed by atoms with van der Waals surface area (Å²) in [5.41, 5.74) is 0.810. The van der Waals surface area contributed by atoms with Crippen molar-refractivity contribution in [3.8, 4) is 5.75 Å². The number of halogens is 1. The van der Waals surface area contributed by atoms with E-state index < -0.39 is 0 Å². The van der Waals surface area contributed by atoms with Gasteiger partial charge < -0.3 is 9.94 Å². The van der Waals surface area contributed by atoms with E-state index in [1.807, 2.05) is 0 Å². The molecule has 4 heteroatoms. The Kier molecular flexibility index (Phi) is 3.10. The van der Waals surface area contributed by atoms with Gasteiger partial charge in [0.2, 0.25) is 0 Å². The Morgan fingerprint density at radius 3 is 2.83 bits per heavy atom. The first-order chi connectivity index (χ1) is 5.77. The first-order valence-corrected chi connectivity index (χ1v) is 4.08. The first kappa shape index (κ1) is 9.06. The second kappa shape index (κ2) is 4.11. The summed E-state index contributed by atoms with van der Waals surface area (Å²) in [6.07, 6.45) is 1.35. The Labute approximate surface area is 78.8 Å². The van der Waals surface area contributed by atoms with Crippen LogP contribution in [0.25, 0.3) is 0 Å². The Balaban J connectivity index is 3.01. The van der Waals surface area contributed by atoms with Crippen molar-refractivity contribution in [2.24, 2.45) is 5.16 Å². The molecule has 0 atom stereocenters. The van der Waals surface area contributed by atoms with Crippen molar-refractivity contribution in [3.63, 3.8) is 0 Å². The standard InChI is InChI=1S/C8H8BrNO2/c1-12-8-3-2-6(5-10-11)4-7(8)9/h2-5,11H,1H3/b10-5+. The summed E-state index contributed by atoms with van der Waals surface area (Å²) in [6, 6.07) is 5.39. The van der Waals surface area contributed by atoms with Crippen LogP contribution >= 0.6 is 15.9 Å². The Bertz CT molecular complexity index is 299. The molecule has 0 aliphatic heterocycles. The summed E-state index contributed by atoms with van der Waals surface area (Å²) in [6.45, 7) is 0. The van der Waals surface area contributed by atoms with Crippen LogP contribution in [0.2, 0.25) is 0 Å². The number of oxime groups is 1. The summed E-state index contributed by atoms with van der Waals surface area (Å²) >= 11 is 3.31. The number of methoxy groups -OCH3 is 1. The highest BCUT2D eigenvalue weighted by Gasteiger charge is 1.98. The predicted octanol–water partition coefficient (Wildman–Crippen LogP) is 2.27. The van der Waals surface area contributed by atoms with Crippen LogP contribution in [0.3, 0.4) is 0 Å². The second-order valence-electron chi connectivity index (χ2n) is 2.14. The molecule has 0 unspecified atom stereocenters. The minimum Gasteiger partial charge on any atom is -0.496 e. The normalized spacial score (nSPS) is 10.5.